The number of carbonyl (C=O) groups excluding carboxylic acids is 1. The van der Waals surface area contributed by atoms with E-state index in [1.807, 2.05) is 0 Å². The van der Waals surface area contributed by atoms with E-state index in [2.05, 4.69) is 5.32 Å². The molecule has 0 radical (unpaired) electrons. The number of ether oxygens (including phenoxy) is 1. The number of rotatable bonds is 8. The Morgan fingerprint density at radius 1 is 1.00 bits per heavy atom. The maximum absolute atomic E-state index is 13.6. The molecule has 1 amide bonds. The van der Waals surface area contributed by atoms with Crippen LogP contribution in [0.2, 0.25) is 0 Å². The van der Waals surface area contributed by atoms with Crippen LogP contribution in [-0.4, -0.2) is 32.3 Å². The molecule has 0 heterocycles. The van der Waals surface area contributed by atoms with E-state index >= 15 is 0 Å². The van der Waals surface area contributed by atoms with Crippen LogP contribution >= 0.6 is 0 Å². The summed E-state index contributed by atoms with van der Waals surface area (Å²) in [6, 6.07) is 17.4. The molecule has 0 spiro atoms. The zero-order valence-corrected chi connectivity index (χ0v) is 19.3. The smallest absolute Gasteiger partial charge is 0.416 e. The molecule has 3 rings (SSSR count). The Morgan fingerprint density at radius 3 is 2.35 bits per heavy atom. The second-order valence-electron chi connectivity index (χ2n) is 7.54. The number of nitrogens with one attached hydrogen (secondary N) is 1. The van der Waals surface area contributed by atoms with Gasteiger partial charge in [0, 0.05) is 12.2 Å². The topological polar surface area (TPSA) is 75.7 Å². The van der Waals surface area contributed by atoms with Crippen molar-refractivity contribution in [2.24, 2.45) is 0 Å². The number of nitrogens with zero attached hydrogens (tertiary/aromatic N) is 1. The molecule has 3 aromatic carbocycles. The molecule has 0 aliphatic rings. The molecule has 0 atom stereocenters. The maximum atomic E-state index is 13.6. The van der Waals surface area contributed by atoms with Gasteiger partial charge in [-0.05, 0) is 48.4 Å². The number of aryl methyl sites for hydroxylation is 1. The number of methoxy groups -OCH3 is 1. The number of benzene rings is 3. The summed E-state index contributed by atoms with van der Waals surface area (Å²) >= 11 is 0. The standard InChI is InChI=1S/C24H23F3N2O4S/c1-17-11-12-21(33-2)22(13-17)34(31,32)29(15-18-7-4-3-5-8-18)16-23(30)28-20-10-6-9-19(14-20)24(25,26)27/h3-14H,15-16H2,1-2H3,(H,28,30). The summed E-state index contributed by atoms with van der Waals surface area (Å²) < 4.78 is 72.3. The lowest BCUT2D eigenvalue weighted by Gasteiger charge is -2.23. The molecule has 0 aliphatic carbocycles. The lowest BCUT2D eigenvalue weighted by atomic mass is 10.2. The number of hydrogen-bond donors (Lipinski definition) is 1. The Morgan fingerprint density at radius 2 is 1.71 bits per heavy atom. The molecule has 180 valence electrons. The van der Waals surface area contributed by atoms with Crippen LogP contribution in [0.1, 0.15) is 16.7 Å². The van der Waals surface area contributed by atoms with Gasteiger partial charge in [-0.3, -0.25) is 4.79 Å². The zero-order chi connectivity index (χ0) is 24.9. The van der Waals surface area contributed by atoms with Crippen molar-refractivity contribution in [1.82, 2.24) is 4.31 Å². The lowest BCUT2D eigenvalue weighted by Crippen LogP contribution is -2.37. The number of sulfonamides is 1. The number of anilines is 1. The minimum Gasteiger partial charge on any atom is -0.495 e. The SMILES string of the molecule is COc1ccc(C)cc1S(=O)(=O)N(CC(=O)Nc1cccc(C(F)(F)F)c1)Cc1ccccc1. The van der Waals surface area contributed by atoms with E-state index in [4.69, 9.17) is 4.74 Å². The van der Waals surface area contributed by atoms with E-state index in [1.54, 1.807) is 43.3 Å². The average molecular weight is 493 g/mol. The molecule has 10 heteroatoms. The second kappa shape index (κ2) is 10.3. The van der Waals surface area contributed by atoms with Crippen LogP contribution in [-0.2, 0) is 27.5 Å². The van der Waals surface area contributed by atoms with E-state index < -0.39 is 34.2 Å². The zero-order valence-electron chi connectivity index (χ0n) is 18.5. The van der Waals surface area contributed by atoms with E-state index in [1.165, 1.54) is 25.3 Å². The van der Waals surface area contributed by atoms with Crippen LogP contribution in [0.4, 0.5) is 18.9 Å². The van der Waals surface area contributed by atoms with Crippen LogP contribution < -0.4 is 10.1 Å². The molecule has 0 bridgehead atoms. The molecular formula is C24H23F3N2O4S. The van der Waals surface area contributed by atoms with Gasteiger partial charge in [-0.1, -0.05) is 42.5 Å². The van der Waals surface area contributed by atoms with Crippen LogP contribution in [0.5, 0.6) is 5.75 Å². The summed E-state index contributed by atoms with van der Waals surface area (Å²) in [6.45, 7) is 0.973. The first kappa shape index (κ1) is 25.3. The fraction of sp³-hybridized carbons (Fsp3) is 0.208. The highest BCUT2D eigenvalue weighted by molar-refractivity contribution is 7.89. The van der Waals surface area contributed by atoms with Gasteiger partial charge in [0.05, 0.1) is 19.2 Å². The molecule has 0 aliphatic heterocycles. The number of halogens is 3. The van der Waals surface area contributed by atoms with Gasteiger partial charge in [-0.15, -0.1) is 0 Å². The van der Waals surface area contributed by atoms with E-state index in [-0.39, 0.29) is 22.9 Å². The fourth-order valence-corrected chi connectivity index (χ4v) is 4.90. The first-order chi connectivity index (χ1) is 16.0. The van der Waals surface area contributed by atoms with Crippen molar-refractivity contribution < 1.29 is 31.1 Å². The quantitative estimate of drug-likeness (QED) is 0.488. The van der Waals surface area contributed by atoms with Crippen molar-refractivity contribution >= 4 is 21.6 Å². The van der Waals surface area contributed by atoms with Crippen LogP contribution in [0.25, 0.3) is 0 Å². The Labute approximate surface area is 196 Å². The van der Waals surface area contributed by atoms with Crippen LogP contribution in [0, 0.1) is 6.92 Å². The summed E-state index contributed by atoms with van der Waals surface area (Å²) in [5.41, 5.74) is 0.283. The number of hydrogen-bond acceptors (Lipinski definition) is 4. The highest BCUT2D eigenvalue weighted by atomic mass is 32.2. The molecule has 0 saturated heterocycles. The Hall–Kier alpha value is -3.37. The first-order valence-electron chi connectivity index (χ1n) is 10.2. The van der Waals surface area contributed by atoms with E-state index in [0.29, 0.717) is 11.1 Å². The molecule has 3 aromatic rings. The van der Waals surface area contributed by atoms with Gasteiger partial charge in [0.2, 0.25) is 15.9 Å². The second-order valence-corrected chi connectivity index (χ2v) is 9.45. The highest BCUT2D eigenvalue weighted by Gasteiger charge is 2.32. The van der Waals surface area contributed by atoms with Gasteiger partial charge >= 0.3 is 6.18 Å². The van der Waals surface area contributed by atoms with Crippen molar-refractivity contribution in [3.63, 3.8) is 0 Å². The Kier molecular flexibility index (Phi) is 7.63. The summed E-state index contributed by atoms with van der Waals surface area (Å²) in [6.07, 6.45) is -4.58. The minimum atomic E-state index is -4.58. The molecular weight excluding hydrogens is 469 g/mol. The average Bonchev–Trinajstić information content (AvgIpc) is 2.79. The largest absolute Gasteiger partial charge is 0.495 e. The van der Waals surface area contributed by atoms with Crippen molar-refractivity contribution in [3.05, 3.63) is 89.5 Å². The summed E-state index contributed by atoms with van der Waals surface area (Å²) in [5, 5.41) is 2.36. The van der Waals surface area contributed by atoms with Crippen molar-refractivity contribution in [2.75, 3.05) is 19.0 Å². The molecule has 0 aromatic heterocycles. The predicted molar refractivity (Wildman–Crippen MR) is 122 cm³/mol. The maximum Gasteiger partial charge on any atom is 0.416 e. The van der Waals surface area contributed by atoms with Gasteiger partial charge in [0.15, 0.2) is 0 Å². The van der Waals surface area contributed by atoms with Gasteiger partial charge in [-0.25, -0.2) is 8.42 Å². The van der Waals surface area contributed by atoms with Crippen molar-refractivity contribution in [3.8, 4) is 5.75 Å². The normalized spacial score (nSPS) is 11.9. The predicted octanol–water partition coefficient (Wildman–Crippen LogP) is 4.85. The Bertz CT molecular complexity index is 1260. The van der Waals surface area contributed by atoms with Gasteiger partial charge in [0.1, 0.15) is 10.6 Å². The van der Waals surface area contributed by atoms with Gasteiger partial charge in [0.25, 0.3) is 0 Å². The van der Waals surface area contributed by atoms with Gasteiger partial charge in [-0.2, -0.15) is 17.5 Å². The molecule has 0 saturated carbocycles. The fourth-order valence-electron chi connectivity index (χ4n) is 3.27. The van der Waals surface area contributed by atoms with Gasteiger partial charge < -0.3 is 10.1 Å². The third kappa shape index (κ3) is 6.15. The summed E-state index contributed by atoms with van der Waals surface area (Å²) in [7, 11) is -2.88. The van der Waals surface area contributed by atoms with E-state index in [9.17, 15) is 26.4 Å². The molecule has 6 nitrogen and oxygen atoms in total. The highest BCUT2D eigenvalue weighted by Crippen LogP contribution is 2.31. The number of alkyl halides is 3. The third-order valence-corrected chi connectivity index (χ3v) is 6.75. The summed E-state index contributed by atoms with van der Waals surface area (Å²) in [5.74, 6) is -0.674. The number of carbonyl (C=O) groups is 1. The van der Waals surface area contributed by atoms with Crippen LogP contribution in [0.15, 0.2) is 77.7 Å². The lowest BCUT2D eigenvalue weighted by molar-refractivity contribution is -0.137. The molecule has 0 fully saturated rings. The Balaban J connectivity index is 1.93. The summed E-state index contributed by atoms with van der Waals surface area (Å²) in [4.78, 5) is 12.6. The van der Waals surface area contributed by atoms with E-state index in [0.717, 1.165) is 22.5 Å². The molecule has 1 N–H and O–H groups in total. The number of amides is 1. The monoisotopic (exact) mass is 492 g/mol. The third-order valence-electron chi connectivity index (χ3n) is 4.93. The minimum absolute atomic E-state index is 0.0926. The van der Waals surface area contributed by atoms with Crippen LogP contribution in [0.3, 0.4) is 0 Å². The molecule has 0 unspecified atom stereocenters. The van der Waals surface area contributed by atoms with Crippen molar-refractivity contribution in [1.29, 1.82) is 0 Å². The molecule has 34 heavy (non-hydrogen) atoms. The van der Waals surface area contributed by atoms with Crippen molar-refractivity contribution in [2.45, 2.75) is 24.5 Å². The first-order valence-corrected chi connectivity index (χ1v) is 11.6.